The van der Waals surface area contributed by atoms with E-state index in [1.165, 1.54) is 0 Å². The van der Waals surface area contributed by atoms with Crippen LogP contribution < -0.4 is 20.4 Å². The third-order valence-corrected chi connectivity index (χ3v) is 5.91. The molecule has 182 valence electrons. The van der Waals surface area contributed by atoms with Crippen LogP contribution in [0.3, 0.4) is 0 Å². The molecule has 0 aromatic heterocycles. The highest BCUT2D eigenvalue weighted by atomic mass is 16.2. The molecule has 0 unspecified atom stereocenters. The third-order valence-electron chi connectivity index (χ3n) is 5.91. The number of rotatable bonds is 7. The fourth-order valence-electron chi connectivity index (χ4n) is 3.72. The summed E-state index contributed by atoms with van der Waals surface area (Å²) in [6.45, 7) is 0. The summed E-state index contributed by atoms with van der Waals surface area (Å²) in [5, 5.41) is 5.88. The van der Waals surface area contributed by atoms with E-state index in [1.807, 2.05) is 135 Å². The van der Waals surface area contributed by atoms with Gasteiger partial charge in [0.15, 0.2) is 0 Å². The molecule has 0 spiro atoms. The quantitative estimate of drug-likeness (QED) is 0.342. The molecule has 0 radical (unpaired) electrons. The van der Waals surface area contributed by atoms with Gasteiger partial charge >= 0.3 is 0 Å². The summed E-state index contributed by atoms with van der Waals surface area (Å²) < 4.78 is 0. The van der Waals surface area contributed by atoms with Crippen LogP contribution in [0.15, 0.2) is 97.1 Å². The lowest BCUT2D eigenvalue weighted by Gasteiger charge is -2.13. The monoisotopic (exact) mass is 478 g/mol. The molecule has 0 heterocycles. The van der Waals surface area contributed by atoms with Gasteiger partial charge in [0, 0.05) is 62.1 Å². The molecule has 6 nitrogen and oxygen atoms in total. The van der Waals surface area contributed by atoms with Crippen LogP contribution in [0.1, 0.15) is 20.7 Å². The van der Waals surface area contributed by atoms with E-state index >= 15 is 0 Å². The van der Waals surface area contributed by atoms with E-state index in [-0.39, 0.29) is 11.8 Å². The molecule has 0 bridgehead atoms. The molecule has 0 atom stereocenters. The molecule has 2 N–H and O–H groups in total. The molecule has 0 saturated carbocycles. The van der Waals surface area contributed by atoms with Gasteiger partial charge in [0.1, 0.15) is 0 Å². The van der Waals surface area contributed by atoms with E-state index in [9.17, 15) is 9.59 Å². The molecule has 4 aromatic rings. The average Bonchev–Trinajstić information content (AvgIpc) is 2.89. The number of carbonyl (C=O) groups excluding carboxylic acids is 2. The number of hydrogen-bond acceptors (Lipinski definition) is 4. The molecule has 4 rings (SSSR count). The Kier molecular flexibility index (Phi) is 7.35. The molecule has 0 aliphatic rings. The van der Waals surface area contributed by atoms with Gasteiger partial charge in [-0.15, -0.1) is 0 Å². The number of nitrogens with one attached hydrogen (secondary N) is 2. The van der Waals surface area contributed by atoms with E-state index in [0.717, 1.165) is 33.9 Å². The molecule has 0 aliphatic carbocycles. The second-order valence-electron chi connectivity index (χ2n) is 8.95. The van der Waals surface area contributed by atoms with Crippen molar-refractivity contribution in [3.63, 3.8) is 0 Å². The first-order chi connectivity index (χ1) is 17.3. The Morgan fingerprint density at radius 1 is 0.472 bits per heavy atom. The van der Waals surface area contributed by atoms with Crippen LogP contribution in [0, 0.1) is 0 Å². The highest BCUT2D eigenvalue weighted by Crippen LogP contribution is 2.24. The smallest absolute Gasteiger partial charge is 0.255 e. The first-order valence-electron chi connectivity index (χ1n) is 11.7. The largest absolute Gasteiger partial charge is 0.378 e. The van der Waals surface area contributed by atoms with Gasteiger partial charge in [-0.2, -0.15) is 0 Å². The molecular weight excluding hydrogens is 448 g/mol. The highest BCUT2D eigenvalue weighted by molar-refractivity contribution is 6.05. The minimum absolute atomic E-state index is 0.149. The number of carbonyl (C=O) groups is 2. The zero-order valence-electron chi connectivity index (χ0n) is 20.9. The topological polar surface area (TPSA) is 64.7 Å². The zero-order valence-corrected chi connectivity index (χ0v) is 20.9. The second kappa shape index (κ2) is 10.8. The molecule has 2 amide bonds. The van der Waals surface area contributed by atoms with Crippen molar-refractivity contribution in [2.45, 2.75) is 0 Å². The Balaban J connectivity index is 1.36. The summed E-state index contributed by atoms with van der Waals surface area (Å²) in [4.78, 5) is 29.1. The summed E-state index contributed by atoms with van der Waals surface area (Å²) >= 11 is 0. The van der Waals surface area contributed by atoms with Crippen molar-refractivity contribution in [1.82, 2.24) is 0 Å². The minimum Gasteiger partial charge on any atom is -0.378 e. The first-order valence-corrected chi connectivity index (χ1v) is 11.7. The van der Waals surface area contributed by atoms with Gasteiger partial charge in [-0.25, -0.2) is 0 Å². The van der Waals surface area contributed by atoms with Crippen LogP contribution >= 0.6 is 0 Å². The summed E-state index contributed by atoms with van der Waals surface area (Å²) in [7, 11) is 7.86. The number of amides is 2. The Bertz CT molecular complexity index is 1220. The normalized spacial score (nSPS) is 10.4. The predicted octanol–water partition coefficient (Wildman–Crippen LogP) is 5.99. The highest BCUT2D eigenvalue weighted by Gasteiger charge is 2.09. The Labute approximate surface area is 212 Å². The van der Waals surface area contributed by atoms with Gasteiger partial charge in [-0.1, -0.05) is 24.3 Å². The van der Waals surface area contributed by atoms with Crippen molar-refractivity contribution >= 4 is 34.6 Å². The van der Waals surface area contributed by atoms with Crippen molar-refractivity contribution in [3.05, 3.63) is 108 Å². The standard InChI is InChI=1S/C30H30N4O2/c1-33(2)27-17-9-23(10-18-27)29(35)31-25-13-5-21(6-14-25)22-7-15-26(16-8-22)32-30(36)24-11-19-28(20-12-24)34(3)4/h5-20H,1-4H3,(H,31,35)(H,32,36). The van der Waals surface area contributed by atoms with E-state index in [4.69, 9.17) is 0 Å². The van der Waals surface area contributed by atoms with Crippen LogP contribution in [-0.4, -0.2) is 40.0 Å². The summed E-state index contributed by atoms with van der Waals surface area (Å²) in [5.74, 6) is -0.297. The van der Waals surface area contributed by atoms with E-state index in [0.29, 0.717) is 11.1 Å². The van der Waals surface area contributed by atoms with Gasteiger partial charge in [0.2, 0.25) is 0 Å². The van der Waals surface area contributed by atoms with Crippen molar-refractivity contribution < 1.29 is 9.59 Å². The molecule has 4 aromatic carbocycles. The van der Waals surface area contributed by atoms with E-state index in [2.05, 4.69) is 10.6 Å². The summed E-state index contributed by atoms with van der Waals surface area (Å²) in [5.41, 5.74) is 6.78. The maximum Gasteiger partial charge on any atom is 0.255 e. The van der Waals surface area contributed by atoms with Gasteiger partial charge in [-0.05, 0) is 83.9 Å². The van der Waals surface area contributed by atoms with Crippen LogP contribution in [0.5, 0.6) is 0 Å². The Hall–Kier alpha value is -4.58. The molecular formula is C30H30N4O2. The summed E-state index contributed by atoms with van der Waals surface area (Å²) in [6.07, 6.45) is 0. The van der Waals surface area contributed by atoms with Gasteiger partial charge in [0.05, 0.1) is 0 Å². The molecule has 0 aliphatic heterocycles. The van der Waals surface area contributed by atoms with Crippen LogP contribution in [-0.2, 0) is 0 Å². The van der Waals surface area contributed by atoms with E-state index in [1.54, 1.807) is 0 Å². The molecule has 6 heteroatoms. The second-order valence-corrected chi connectivity index (χ2v) is 8.95. The van der Waals surface area contributed by atoms with Crippen molar-refractivity contribution in [3.8, 4) is 11.1 Å². The molecule has 0 saturated heterocycles. The van der Waals surface area contributed by atoms with Crippen molar-refractivity contribution in [2.24, 2.45) is 0 Å². The fourth-order valence-corrected chi connectivity index (χ4v) is 3.72. The van der Waals surface area contributed by atoms with Gasteiger partial charge in [0.25, 0.3) is 11.8 Å². The van der Waals surface area contributed by atoms with E-state index < -0.39 is 0 Å². The van der Waals surface area contributed by atoms with Crippen LogP contribution in [0.25, 0.3) is 11.1 Å². The number of nitrogens with zero attached hydrogens (tertiary/aromatic N) is 2. The van der Waals surface area contributed by atoms with Crippen molar-refractivity contribution in [1.29, 1.82) is 0 Å². The van der Waals surface area contributed by atoms with Gasteiger partial charge in [-0.3, -0.25) is 9.59 Å². The zero-order chi connectivity index (χ0) is 25.7. The summed E-state index contributed by atoms with van der Waals surface area (Å²) in [6, 6.07) is 30.3. The SMILES string of the molecule is CN(C)c1ccc(C(=O)Nc2ccc(-c3ccc(NC(=O)c4ccc(N(C)C)cc4)cc3)cc2)cc1. The van der Waals surface area contributed by atoms with Gasteiger partial charge < -0.3 is 20.4 Å². The minimum atomic E-state index is -0.149. The molecule has 36 heavy (non-hydrogen) atoms. The average molecular weight is 479 g/mol. The predicted molar refractivity (Wildman–Crippen MR) is 149 cm³/mol. The maximum absolute atomic E-state index is 12.6. The fraction of sp³-hybridized carbons (Fsp3) is 0.133. The molecule has 0 fully saturated rings. The first kappa shape index (κ1) is 24.5. The van der Waals surface area contributed by atoms with Crippen LogP contribution in [0.2, 0.25) is 0 Å². The number of benzene rings is 4. The lowest BCUT2D eigenvalue weighted by Crippen LogP contribution is -2.13. The number of anilines is 4. The third kappa shape index (κ3) is 5.91. The Morgan fingerprint density at radius 3 is 1.06 bits per heavy atom. The lowest BCUT2D eigenvalue weighted by atomic mass is 10.0. The number of hydrogen-bond donors (Lipinski definition) is 2. The van der Waals surface area contributed by atoms with Crippen molar-refractivity contribution in [2.75, 3.05) is 48.6 Å². The van der Waals surface area contributed by atoms with Crippen LogP contribution in [0.4, 0.5) is 22.7 Å². The lowest BCUT2D eigenvalue weighted by molar-refractivity contribution is 0.101. The maximum atomic E-state index is 12.6. The Morgan fingerprint density at radius 2 is 0.778 bits per heavy atom.